The summed E-state index contributed by atoms with van der Waals surface area (Å²) in [5, 5.41) is 3.11. The molecule has 17 heavy (non-hydrogen) atoms. The Hall–Kier alpha value is -0.960. The standard InChI is InChI=1S/C14H19NOS/c1-11(12-6-3-2-4-7-12)15-14(16)13-8-5-9-17-10-13/h2-4,6-7,11,13H,5,8-10H2,1H3,(H,15,16). The van der Waals surface area contributed by atoms with E-state index in [9.17, 15) is 4.79 Å². The van der Waals surface area contributed by atoms with Gasteiger partial charge in [-0.25, -0.2) is 0 Å². The number of carbonyl (C=O) groups excluding carboxylic acids is 1. The molecule has 1 heterocycles. The molecule has 0 aliphatic carbocycles. The Balaban J connectivity index is 1.89. The molecule has 1 fully saturated rings. The first-order valence-electron chi connectivity index (χ1n) is 6.20. The molecular weight excluding hydrogens is 230 g/mol. The summed E-state index contributed by atoms with van der Waals surface area (Å²) in [6.45, 7) is 2.04. The van der Waals surface area contributed by atoms with Gasteiger partial charge in [-0.3, -0.25) is 4.79 Å². The van der Waals surface area contributed by atoms with Crippen molar-refractivity contribution in [3.05, 3.63) is 35.9 Å². The molecule has 2 unspecified atom stereocenters. The van der Waals surface area contributed by atoms with E-state index in [4.69, 9.17) is 0 Å². The number of thioether (sulfide) groups is 1. The molecule has 2 atom stereocenters. The highest BCUT2D eigenvalue weighted by molar-refractivity contribution is 7.99. The Kier molecular flexibility index (Phi) is 4.49. The Morgan fingerprint density at radius 2 is 2.18 bits per heavy atom. The van der Waals surface area contributed by atoms with Gasteiger partial charge < -0.3 is 5.32 Å². The third-order valence-electron chi connectivity index (χ3n) is 3.19. The Bertz CT molecular complexity index is 360. The predicted molar refractivity (Wildman–Crippen MR) is 73.0 cm³/mol. The van der Waals surface area contributed by atoms with E-state index in [1.54, 1.807) is 0 Å². The second-order valence-electron chi connectivity index (χ2n) is 4.56. The second kappa shape index (κ2) is 6.10. The molecule has 1 aliphatic heterocycles. The lowest BCUT2D eigenvalue weighted by Gasteiger charge is -2.23. The third kappa shape index (κ3) is 3.50. The summed E-state index contributed by atoms with van der Waals surface area (Å²) in [4.78, 5) is 12.1. The van der Waals surface area contributed by atoms with Crippen LogP contribution in [-0.4, -0.2) is 17.4 Å². The van der Waals surface area contributed by atoms with Crippen molar-refractivity contribution in [1.82, 2.24) is 5.32 Å². The first kappa shape index (κ1) is 12.5. The molecule has 0 spiro atoms. The fourth-order valence-electron chi connectivity index (χ4n) is 2.10. The van der Waals surface area contributed by atoms with Gasteiger partial charge in [-0.05, 0) is 31.1 Å². The molecule has 0 saturated carbocycles. The monoisotopic (exact) mass is 249 g/mol. The number of amides is 1. The zero-order valence-electron chi connectivity index (χ0n) is 10.2. The van der Waals surface area contributed by atoms with Crippen molar-refractivity contribution in [2.24, 2.45) is 5.92 Å². The maximum absolute atomic E-state index is 12.1. The molecule has 1 aromatic carbocycles. The topological polar surface area (TPSA) is 29.1 Å². The van der Waals surface area contributed by atoms with Gasteiger partial charge in [0.2, 0.25) is 5.91 Å². The molecule has 1 aliphatic rings. The molecule has 1 saturated heterocycles. The number of nitrogens with one attached hydrogen (secondary N) is 1. The van der Waals surface area contributed by atoms with Crippen LogP contribution in [0.4, 0.5) is 0 Å². The summed E-state index contributed by atoms with van der Waals surface area (Å²) in [5.74, 6) is 2.61. The first-order valence-corrected chi connectivity index (χ1v) is 7.36. The van der Waals surface area contributed by atoms with Crippen LogP contribution in [0.2, 0.25) is 0 Å². The van der Waals surface area contributed by atoms with Gasteiger partial charge in [-0.15, -0.1) is 0 Å². The molecular formula is C14H19NOS. The Labute approximate surface area is 107 Å². The maximum atomic E-state index is 12.1. The molecule has 92 valence electrons. The highest BCUT2D eigenvalue weighted by atomic mass is 32.2. The lowest BCUT2D eigenvalue weighted by Crippen LogP contribution is -2.35. The molecule has 3 heteroatoms. The Morgan fingerprint density at radius 1 is 1.41 bits per heavy atom. The average molecular weight is 249 g/mol. The van der Waals surface area contributed by atoms with E-state index in [0.717, 1.165) is 12.2 Å². The number of benzene rings is 1. The number of hydrogen-bond acceptors (Lipinski definition) is 2. The lowest BCUT2D eigenvalue weighted by atomic mass is 10.0. The lowest BCUT2D eigenvalue weighted by molar-refractivity contribution is -0.125. The zero-order valence-corrected chi connectivity index (χ0v) is 11.0. The van der Waals surface area contributed by atoms with Crippen molar-refractivity contribution in [1.29, 1.82) is 0 Å². The summed E-state index contributed by atoms with van der Waals surface area (Å²) in [6, 6.07) is 10.2. The SMILES string of the molecule is CC(NC(=O)C1CCCSC1)c1ccccc1. The molecule has 0 bridgehead atoms. The van der Waals surface area contributed by atoms with E-state index in [0.29, 0.717) is 0 Å². The molecule has 1 aromatic rings. The zero-order chi connectivity index (χ0) is 12.1. The second-order valence-corrected chi connectivity index (χ2v) is 5.70. The number of carbonyl (C=O) groups is 1. The van der Waals surface area contributed by atoms with Crippen molar-refractivity contribution >= 4 is 17.7 Å². The van der Waals surface area contributed by atoms with Gasteiger partial charge in [0.25, 0.3) is 0 Å². The summed E-state index contributed by atoms with van der Waals surface area (Å²) in [6.07, 6.45) is 2.21. The van der Waals surface area contributed by atoms with Gasteiger partial charge in [-0.1, -0.05) is 30.3 Å². The molecule has 1 N–H and O–H groups in total. The van der Waals surface area contributed by atoms with Crippen molar-refractivity contribution in [3.8, 4) is 0 Å². The van der Waals surface area contributed by atoms with E-state index >= 15 is 0 Å². The molecule has 1 amide bonds. The van der Waals surface area contributed by atoms with E-state index in [1.165, 1.54) is 17.7 Å². The van der Waals surface area contributed by atoms with Crippen LogP contribution in [0.1, 0.15) is 31.4 Å². The predicted octanol–water partition coefficient (Wildman–Crippen LogP) is 3.01. The van der Waals surface area contributed by atoms with Crippen LogP contribution in [0.5, 0.6) is 0 Å². The molecule has 2 rings (SSSR count). The number of hydrogen-bond donors (Lipinski definition) is 1. The largest absolute Gasteiger partial charge is 0.349 e. The van der Waals surface area contributed by atoms with Crippen LogP contribution in [-0.2, 0) is 4.79 Å². The quantitative estimate of drug-likeness (QED) is 0.892. The van der Waals surface area contributed by atoms with E-state index < -0.39 is 0 Å². The summed E-state index contributed by atoms with van der Waals surface area (Å²) >= 11 is 1.89. The molecule has 0 radical (unpaired) electrons. The fraction of sp³-hybridized carbons (Fsp3) is 0.500. The van der Waals surface area contributed by atoms with Crippen LogP contribution >= 0.6 is 11.8 Å². The van der Waals surface area contributed by atoms with Gasteiger partial charge in [0.1, 0.15) is 0 Å². The van der Waals surface area contributed by atoms with Crippen molar-refractivity contribution < 1.29 is 4.79 Å². The van der Waals surface area contributed by atoms with E-state index in [-0.39, 0.29) is 17.9 Å². The highest BCUT2D eigenvalue weighted by Gasteiger charge is 2.22. The third-order valence-corrected chi connectivity index (χ3v) is 4.40. The first-order chi connectivity index (χ1) is 8.27. The van der Waals surface area contributed by atoms with Crippen LogP contribution in [0, 0.1) is 5.92 Å². The smallest absolute Gasteiger partial charge is 0.224 e. The van der Waals surface area contributed by atoms with Crippen LogP contribution in [0.15, 0.2) is 30.3 Å². The van der Waals surface area contributed by atoms with E-state index in [2.05, 4.69) is 17.4 Å². The van der Waals surface area contributed by atoms with Crippen molar-refractivity contribution in [2.75, 3.05) is 11.5 Å². The minimum absolute atomic E-state index is 0.107. The van der Waals surface area contributed by atoms with Crippen LogP contribution in [0.3, 0.4) is 0 Å². The van der Waals surface area contributed by atoms with Crippen LogP contribution in [0.25, 0.3) is 0 Å². The maximum Gasteiger partial charge on any atom is 0.224 e. The average Bonchev–Trinajstić information content (AvgIpc) is 2.40. The van der Waals surface area contributed by atoms with Gasteiger partial charge in [-0.2, -0.15) is 11.8 Å². The fourth-order valence-corrected chi connectivity index (χ4v) is 3.24. The van der Waals surface area contributed by atoms with Gasteiger partial charge in [0.15, 0.2) is 0 Å². The van der Waals surface area contributed by atoms with Crippen molar-refractivity contribution in [3.63, 3.8) is 0 Å². The normalized spacial score (nSPS) is 21.8. The minimum Gasteiger partial charge on any atom is -0.349 e. The van der Waals surface area contributed by atoms with E-state index in [1.807, 2.05) is 36.9 Å². The molecule has 0 aromatic heterocycles. The van der Waals surface area contributed by atoms with Gasteiger partial charge >= 0.3 is 0 Å². The van der Waals surface area contributed by atoms with Crippen molar-refractivity contribution in [2.45, 2.75) is 25.8 Å². The highest BCUT2D eigenvalue weighted by Crippen LogP contribution is 2.23. The number of rotatable bonds is 3. The van der Waals surface area contributed by atoms with Gasteiger partial charge in [0.05, 0.1) is 6.04 Å². The minimum atomic E-state index is 0.107. The summed E-state index contributed by atoms with van der Waals surface area (Å²) < 4.78 is 0. The summed E-state index contributed by atoms with van der Waals surface area (Å²) in [7, 11) is 0. The van der Waals surface area contributed by atoms with Gasteiger partial charge in [0, 0.05) is 11.7 Å². The molecule has 2 nitrogen and oxygen atoms in total. The Morgan fingerprint density at radius 3 is 2.82 bits per heavy atom. The van der Waals surface area contributed by atoms with Crippen LogP contribution < -0.4 is 5.32 Å². The summed E-state index contributed by atoms with van der Waals surface area (Å²) in [5.41, 5.74) is 1.17.